The lowest BCUT2D eigenvalue weighted by Crippen LogP contribution is -2.69. The number of rotatable bonds is 6. The SMILES string of the molecule is CC([N+]1(C(=O)O)C=C(C[C@@H](C)N)c2ccccc21)[N+]1(C(=O)O)C=C(C[C@@H](C)N)c2ccccc21. The van der Waals surface area contributed by atoms with Crippen LogP contribution in [0.1, 0.15) is 44.7 Å². The van der Waals surface area contributed by atoms with E-state index in [9.17, 15) is 19.8 Å². The van der Waals surface area contributed by atoms with Gasteiger partial charge < -0.3 is 21.7 Å². The van der Waals surface area contributed by atoms with Gasteiger partial charge in [-0.3, -0.25) is 0 Å². The van der Waals surface area contributed by atoms with Crippen LogP contribution in [0.25, 0.3) is 11.1 Å². The van der Waals surface area contributed by atoms with Gasteiger partial charge in [0.15, 0.2) is 11.4 Å². The molecule has 2 amide bonds. The number of para-hydroxylation sites is 2. The summed E-state index contributed by atoms with van der Waals surface area (Å²) < 4.78 is -1.30. The van der Waals surface area contributed by atoms with Gasteiger partial charge in [-0.2, -0.15) is 9.59 Å². The second-order valence-corrected chi connectivity index (χ2v) is 9.46. The maximum atomic E-state index is 13.1. The van der Waals surface area contributed by atoms with Crippen LogP contribution in [0, 0.1) is 0 Å². The van der Waals surface area contributed by atoms with E-state index in [1.165, 1.54) is 0 Å². The Morgan fingerprint density at radius 1 is 0.735 bits per heavy atom. The van der Waals surface area contributed by atoms with Gasteiger partial charge in [0, 0.05) is 53.4 Å². The number of hydrogen-bond donors (Lipinski definition) is 4. The maximum absolute atomic E-state index is 13.1. The summed E-state index contributed by atoms with van der Waals surface area (Å²) in [5.74, 6) is 0. The number of carbonyl (C=O) groups is 2. The predicted molar refractivity (Wildman–Crippen MR) is 134 cm³/mol. The molecule has 0 radical (unpaired) electrons. The van der Waals surface area contributed by atoms with E-state index in [0.717, 1.165) is 22.3 Å². The zero-order chi connectivity index (χ0) is 24.8. The van der Waals surface area contributed by atoms with Gasteiger partial charge >= 0.3 is 12.2 Å². The fraction of sp³-hybridized carbons (Fsp3) is 0.308. The summed E-state index contributed by atoms with van der Waals surface area (Å²) in [6, 6.07) is 14.2. The molecule has 34 heavy (non-hydrogen) atoms. The first-order chi connectivity index (χ1) is 16.1. The van der Waals surface area contributed by atoms with Crippen molar-refractivity contribution in [2.75, 3.05) is 0 Å². The monoisotopic (exact) mass is 464 g/mol. The van der Waals surface area contributed by atoms with E-state index in [1.54, 1.807) is 43.6 Å². The average molecular weight is 465 g/mol. The summed E-state index contributed by atoms with van der Waals surface area (Å²) in [7, 11) is 0. The number of quaternary nitrogens is 2. The van der Waals surface area contributed by atoms with Crippen LogP contribution < -0.4 is 20.4 Å². The molecule has 178 valence electrons. The number of fused-ring (bicyclic) bond motifs is 2. The van der Waals surface area contributed by atoms with Crippen molar-refractivity contribution >= 4 is 34.7 Å². The second-order valence-electron chi connectivity index (χ2n) is 9.46. The fourth-order valence-corrected chi connectivity index (χ4v) is 5.47. The molecule has 0 bridgehead atoms. The molecule has 2 aliphatic heterocycles. The van der Waals surface area contributed by atoms with Crippen LogP contribution in [-0.2, 0) is 0 Å². The molecule has 0 aromatic heterocycles. The van der Waals surface area contributed by atoms with Gasteiger partial charge in [0.05, 0.1) is 0 Å². The smallest absolute Gasteiger partial charge is 0.435 e. The molecule has 4 atom stereocenters. The van der Waals surface area contributed by atoms with Gasteiger partial charge in [-0.15, -0.1) is 8.97 Å². The summed E-state index contributed by atoms with van der Waals surface area (Å²) in [5, 5.41) is 21.4. The molecule has 0 fully saturated rings. The van der Waals surface area contributed by atoms with E-state index >= 15 is 0 Å². The van der Waals surface area contributed by atoms with Crippen LogP contribution >= 0.6 is 0 Å². The highest BCUT2D eigenvalue weighted by Crippen LogP contribution is 2.51. The third kappa shape index (κ3) is 3.38. The maximum Gasteiger partial charge on any atom is 0.528 e. The van der Waals surface area contributed by atoms with Crippen molar-refractivity contribution < 1.29 is 19.8 Å². The van der Waals surface area contributed by atoms with E-state index in [0.29, 0.717) is 24.2 Å². The van der Waals surface area contributed by atoms with Crippen molar-refractivity contribution in [2.45, 2.75) is 51.9 Å². The van der Waals surface area contributed by atoms with E-state index in [4.69, 9.17) is 11.5 Å². The average Bonchev–Trinajstić information content (AvgIpc) is 3.28. The van der Waals surface area contributed by atoms with Gasteiger partial charge in [0.25, 0.3) is 6.17 Å². The largest absolute Gasteiger partial charge is 0.528 e. The minimum Gasteiger partial charge on any atom is -0.435 e. The fourth-order valence-electron chi connectivity index (χ4n) is 5.47. The number of nitrogens with zero attached hydrogens (tertiary/aromatic N) is 2. The number of benzene rings is 2. The van der Waals surface area contributed by atoms with Gasteiger partial charge in [0.2, 0.25) is 0 Å². The van der Waals surface area contributed by atoms with Crippen LogP contribution in [0.3, 0.4) is 0 Å². The molecule has 0 spiro atoms. The Bertz CT molecular complexity index is 1130. The summed E-state index contributed by atoms with van der Waals surface area (Å²) in [6.45, 7) is 5.42. The molecule has 6 N–H and O–H groups in total. The van der Waals surface area contributed by atoms with E-state index < -0.39 is 27.3 Å². The van der Waals surface area contributed by atoms with Gasteiger partial charge in [0.1, 0.15) is 12.4 Å². The van der Waals surface area contributed by atoms with Gasteiger partial charge in [-0.05, 0) is 38.8 Å². The molecule has 2 heterocycles. The third-order valence-electron chi connectivity index (χ3n) is 6.91. The second kappa shape index (κ2) is 8.48. The molecule has 0 saturated carbocycles. The van der Waals surface area contributed by atoms with Crippen molar-refractivity contribution in [1.29, 1.82) is 0 Å². The Morgan fingerprint density at radius 3 is 1.41 bits per heavy atom. The molecule has 4 rings (SSSR count). The molecule has 0 saturated heterocycles. The van der Waals surface area contributed by atoms with Gasteiger partial charge in [-0.1, -0.05) is 24.3 Å². The lowest BCUT2D eigenvalue weighted by Gasteiger charge is -2.39. The van der Waals surface area contributed by atoms with Gasteiger partial charge in [-0.25, -0.2) is 0 Å². The standard InChI is InChI=1S/C26H30N4O4/c1-16(27)12-19-14-29(25(31)32,23-10-6-4-8-21(19)23)18(3)30(26(33)34)15-20(13-17(2)28)22-9-5-7-11-24(22)30/h4-11,14-18H,12-13,27-28H2,1-3H3/p+2/t16-,17-,18?,29?,30?/m1/s1. The lowest BCUT2D eigenvalue weighted by molar-refractivity contribution is 0.100. The molecule has 2 aromatic rings. The van der Waals surface area contributed by atoms with Crippen LogP contribution in [0.4, 0.5) is 21.0 Å². The van der Waals surface area contributed by atoms with E-state index in [2.05, 4.69) is 0 Å². The summed E-state index contributed by atoms with van der Waals surface area (Å²) in [5.41, 5.74) is 16.4. The quantitative estimate of drug-likeness (QED) is 0.451. The number of nitrogens with two attached hydrogens (primary N) is 2. The van der Waals surface area contributed by atoms with E-state index in [-0.39, 0.29) is 12.1 Å². The number of carboxylic acid groups (broad SMARTS) is 2. The molecule has 8 heteroatoms. The van der Waals surface area contributed by atoms with Crippen molar-refractivity contribution in [3.63, 3.8) is 0 Å². The van der Waals surface area contributed by atoms with Crippen LogP contribution in [0.5, 0.6) is 0 Å². The van der Waals surface area contributed by atoms with E-state index in [1.807, 2.05) is 38.1 Å². The first kappa shape index (κ1) is 23.8. The van der Waals surface area contributed by atoms with Crippen LogP contribution in [0.2, 0.25) is 0 Å². The normalized spacial score (nSPS) is 25.6. The first-order valence-corrected chi connectivity index (χ1v) is 11.4. The molecular weight excluding hydrogens is 432 g/mol. The minimum absolute atomic E-state index is 0.184. The molecule has 2 aliphatic rings. The highest BCUT2D eigenvalue weighted by molar-refractivity contribution is 6.00. The number of amides is 2. The van der Waals surface area contributed by atoms with Crippen LogP contribution in [-0.4, -0.2) is 40.6 Å². The topological polar surface area (TPSA) is 127 Å². The molecule has 0 aliphatic carbocycles. The highest BCUT2D eigenvalue weighted by Gasteiger charge is 2.63. The molecule has 2 aromatic carbocycles. The zero-order valence-electron chi connectivity index (χ0n) is 19.7. The Kier molecular flexibility index (Phi) is 5.95. The zero-order valence-corrected chi connectivity index (χ0v) is 19.7. The van der Waals surface area contributed by atoms with Crippen molar-refractivity contribution in [1.82, 2.24) is 8.97 Å². The Labute approximate surface area is 199 Å². The summed E-state index contributed by atoms with van der Waals surface area (Å²) in [6.07, 6.45) is 1.04. The predicted octanol–water partition coefficient (Wildman–Crippen LogP) is 4.89. The Balaban J connectivity index is 2.01. The molecule has 2 unspecified atom stereocenters. The summed E-state index contributed by atoms with van der Waals surface area (Å²) >= 11 is 0. The molecule has 8 nitrogen and oxygen atoms in total. The third-order valence-corrected chi connectivity index (χ3v) is 6.91. The summed E-state index contributed by atoms with van der Waals surface area (Å²) in [4.78, 5) is 26.2. The Hall–Kier alpha value is -3.30. The number of hydrogen-bond acceptors (Lipinski definition) is 4. The first-order valence-electron chi connectivity index (χ1n) is 11.4. The Morgan fingerprint density at radius 2 is 1.09 bits per heavy atom. The lowest BCUT2D eigenvalue weighted by atomic mass is 10.0. The minimum atomic E-state index is -1.15. The highest BCUT2D eigenvalue weighted by atomic mass is 16.4. The van der Waals surface area contributed by atoms with Crippen molar-refractivity contribution in [2.24, 2.45) is 11.5 Å². The van der Waals surface area contributed by atoms with Crippen molar-refractivity contribution in [3.05, 3.63) is 72.1 Å². The van der Waals surface area contributed by atoms with Crippen LogP contribution in [0.15, 0.2) is 60.9 Å². The molecular formula is C26H32N4O4+2. The van der Waals surface area contributed by atoms with Crippen molar-refractivity contribution in [3.8, 4) is 0 Å².